The molecule has 0 spiro atoms. The number of hydrogen-bond donors (Lipinski definition) is 2. The zero-order valence-electron chi connectivity index (χ0n) is 15.7. The molecule has 29 heavy (non-hydrogen) atoms. The molecule has 0 aliphatic carbocycles. The van der Waals surface area contributed by atoms with Crippen molar-refractivity contribution >= 4 is 33.2 Å². The Morgan fingerprint density at radius 3 is 2.52 bits per heavy atom. The number of halogens is 2. The van der Waals surface area contributed by atoms with Gasteiger partial charge in [-0.15, -0.1) is 0 Å². The van der Waals surface area contributed by atoms with E-state index in [1.54, 1.807) is 25.3 Å². The third-order valence-electron chi connectivity index (χ3n) is 4.09. The molecule has 0 saturated heterocycles. The number of anilines is 2. The standard InChI is InChI=1S/C22H20BrFN2O3/c1-28-17-9-7-16(8-10-17)25-13-15-6-11-21(18(23)12-15)29-14-22(27)26-20-5-3-2-4-19(20)24/h2-12,25H,13-14H2,1H3,(H,26,27). The second kappa shape index (κ2) is 9.93. The van der Waals surface area contributed by atoms with Crippen LogP contribution >= 0.6 is 15.9 Å². The Hall–Kier alpha value is -3.06. The molecule has 0 atom stereocenters. The molecule has 0 aliphatic heterocycles. The van der Waals surface area contributed by atoms with Crippen LogP contribution in [0.1, 0.15) is 5.56 Å². The highest BCUT2D eigenvalue weighted by atomic mass is 79.9. The van der Waals surface area contributed by atoms with Crippen LogP contribution < -0.4 is 20.1 Å². The van der Waals surface area contributed by atoms with E-state index in [0.29, 0.717) is 12.3 Å². The highest BCUT2D eigenvalue weighted by molar-refractivity contribution is 9.10. The topological polar surface area (TPSA) is 59.6 Å². The molecule has 0 fully saturated rings. The van der Waals surface area contributed by atoms with Crippen molar-refractivity contribution in [2.45, 2.75) is 6.54 Å². The van der Waals surface area contributed by atoms with Gasteiger partial charge in [-0.05, 0) is 70.0 Å². The fraction of sp³-hybridized carbons (Fsp3) is 0.136. The van der Waals surface area contributed by atoms with Crippen LogP contribution in [-0.2, 0) is 11.3 Å². The quantitative estimate of drug-likeness (QED) is 0.485. The van der Waals surface area contributed by atoms with Gasteiger partial charge in [0.15, 0.2) is 6.61 Å². The Kier molecular flexibility index (Phi) is 7.08. The molecule has 3 aromatic carbocycles. The van der Waals surface area contributed by atoms with Gasteiger partial charge in [0.25, 0.3) is 5.91 Å². The molecule has 7 heteroatoms. The molecule has 150 valence electrons. The zero-order chi connectivity index (χ0) is 20.6. The van der Waals surface area contributed by atoms with Crippen molar-refractivity contribution in [1.29, 1.82) is 0 Å². The minimum Gasteiger partial charge on any atom is -0.497 e. The average molecular weight is 459 g/mol. The van der Waals surface area contributed by atoms with E-state index >= 15 is 0 Å². The van der Waals surface area contributed by atoms with Crippen LogP contribution in [0.3, 0.4) is 0 Å². The summed E-state index contributed by atoms with van der Waals surface area (Å²) in [6.07, 6.45) is 0. The molecule has 0 radical (unpaired) electrons. The number of ether oxygens (including phenoxy) is 2. The van der Waals surface area contributed by atoms with Gasteiger partial charge in [0.1, 0.15) is 17.3 Å². The van der Waals surface area contributed by atoms with Crippen molar-refractivity contribution in [1.82, 2.24) is 0 Å². The first kappa shape index (κ1) is 20.7. The highest BCUT2D eigenvalue weighted by Gasteiger charge is 2.09. The number of carbonyl (C=O) groups is 1. The lowest BCUT2D eigenvalue weighted by atomic mass is 10.2. The first-order valence-electron chi connectivity index (χ1n) is 8.88. The molecule has 5 nitrogen and oxygen atoms in total. The molecule has 0 heterocycles. The number of carbonyl (C=O) groups excluding carboxylic acids is 1. The van der Waals surface area contributed by atoms with Gasteiger partial charge in [0, 0.05) is 12.2 Å². The highest BCUT2D eigenvalue weighted by Crippen LogP contribution is 2.26. The summed E-state index contributed by atoms with van der Waals surface area (Å²) in [5.41, 5.74) is 2.14. The van der Waals surface area contributed by atoms with Crippen LogP contribution in [0.25, 0.3) is 0 Å². The van der Waals surface area contributed by atoms with Crippen molar-refractivity contribution in [3.05, 3.63) is 82.6 Å². The Bertz CT molecular complexity index is 980. The number of amides is 1. The number of benzene rings is 3. The van der Waals surface area contributed by atoms with Crippen LogP contribution in [-0.4, -0.2) is 19.6 Å². The summed E-state index contributed by atoms with van der Waals surface area (Å²) in [6, 6.07) is 19.3. The number of rotatable bonds is 8. The van der Waals surface area contributed by atoms with Gasteiger partial charge in [-0.1, -0.05) is 18.2 Å². The van der Waals surface area contributed by atoms with E-state index in [9.17, 15) is 9.18 Å². The van der Waals surface area contributed by atoms with E-state index in [1.807, 2.05) is 36.4 Å². The molecule has 3 rings (SSSR count). The van der Waals surface area contributed by atoms with Crippen LogP contribution in [0.4, 0.5) is 15.8 Å². The van der Waals surface area contributed by atoms with Crippen LogP contribution in [0.5, 0.6) is 11.5 Å². The van der Waals surface area contributed by atoms with Gasteiger partial charge in [-0.25, -0.2) is 4.39 Å². The molecule has 0 aliphatic rings. The molecule has 0 aromatic heterocycles. The number of nitrogens with one attached hydrogen (secondary N) is 2. The fourth-order valence-electron chi connectivity index (χ4n) is 2.58. The fourth-order valence-corrected chi connectivity index (χ4v) is 3.12. The maximum absolute atomic E-state index is 13.6. The molecule has 3 aromatic rings. The van der Waals surface area contributed by atoms with E-state index in [2.05, 4.69) is 26.6 Å². The molecule has 2 N–H and O–H groups in total. The van der Waals surface area contributed by atoms with Crippen LogP contribution in [0.15, 0.2) is 71.2 Å². The zero-order valence-corrected chi connectivity index (χ0v) is 17.3. The van der Waals surface area contributed by atoms with Gasteiger partial charge >= 0.3 is 0 Å². The molecular weight excluding hydrogens is 439 g/mol. The maximum atomic E-state index is 13.6. The summed E-state index contributed by atoms with van der Waals surface area (Å²) < 4.78 is 25.0. The Morgan fingerprint density at radius 2 is 1.83 bits per heavy atom. The lowest BCUT2D eigenvalue weighted by Gasteiger charge is -2.12. The summed E-state index contributed by atoms with van der Waals surface area (Å²) in [5.74, 6) is 0.406. The van der Waals surface area contributed by atoms with E-state index in [-0.39, 0.29) is 12.3 Å². The van der Waals surface area contributed by atoms with E-state index in [0.717, 1.165) is 21.5 Å². The third-order valence-corrected chi connectivity index (χ3v) is 4.71. The summed E-state index contributed by atoms with van der Waals surface area (Å²) in [6.45, 7) is 0.398. The van der Waals surface area contributed by atoms with Crippen molar-refractivity contribution in [3.63, 3.8) is 0 Å². The largest absolute Gasteiger partial charge is 0.497 e. The van der Waals surface area contributed by atoms with Crippen molar-refractivity contribution in [2.24, 2.45) is 0 Å². The summed E-state index contributed by atoms with van der Waals surface area (Å²) >= 11 is 3.46. The van der Waals surface area contributed by atoms with Crippen molar-refractivity contribution < 1.29 is 18.7 Å². The summed E-state index contributed by atoms with van der Waals surface area (Å²) in [7, 11) is 1.63. The van der Waals surface area contributed by atoms with Crippen molar-refractivity contribution in [3.8, 4) is 11.5 Å². The second-order valence-corrected chi connectivity index (χ2v) is 7.02. The first-order chi connectivity index (χ1) is 14.0. The monoisotopic (exact) mass is 458 g/mol. The van der Waals surface area contributed by atoms with Gasteiger partial charge in [0.05, 0.1) is 17.3 Å². The van der Waals surface area contributed by atoms with Gasteiger partial charge in [0.2, 0.25) is 0 Å². The Morgan fingerprint density at radius 1 is 1.07 bits per heavy atom. The number of hydrogen-bond acceptors (Lipinski definition) is 4. The maximum Gasteiger partial charge on any atom is 0.262 e. The molecule has 0 saturated carbocycles. The predicted octanol–water partition coefficient (Wildman–Crippen LogP) is 5.23. The van der Waals surface area contributed by atoms with Gasteiger partial charge < -0.3 is 20.1 Å². The lowest BCUT2D eigenvalue weighted by Crippen LogP contribution is -2.20. The minimum atomic E-state index is -0.490. The van der Waals surface area contributed by atoms with Crippen LogP contribution in [0.2, 0.25) is 0 Å². The van der Waals surface area contributed by atoms with Gasteiger partial charge in [-0.3, -0.25) is 4.79 Å². The SMILES string of the molecule is COc1ccc(NCc2ccc(OCC(=O)Nc3ccccc3F)c(Br)c2)cc1. The second-order valence-electron chi connectivity index (χ2n) is 6.16. The Labute approximate surface area is 177 Å². The minimum absolute atomic E-state index is 0.125. The summed E-state index contributed by atoms with van der Waals surface area (Å²) in [4.78, 5) is 12.0. The molecule has 0 unspecified atom stereocenters. The summed E-state index contributed by atoms with van der Waals surface area (Å²) in [5, 5.41) is 5.81. The first-order valence-corrected chi connectivity index (χ1v) is 9.68. The van der Waals surface area contributed by atoms with E-state index in [4.69, 9.17) is 9.47 Å². The van der Waals surface area contributed by atoms with Gasteiger partial charge in [-0.2, -0.15) is 0 Å². The smallest absolute Gasteiger partial charge is 0.262 e. The molecular formula is C22H20BrFN2O3. The van der Waals surface area contributed by atoms with E-state index in [1.165, 1.54) is 12.1 Å². The van der Waals surface area contributed by atoms with Crippen molar-refractivity contribution in [2.75, 3.05) is 24.4 Å². The number of methoxy groups -OCH3 is 1. The third kappa shape index (κ3) is 5.96. The normalized spacial score (nSPS) is 10.3. The predicted molar refractivity (Wildman–Crippen MR) is 115 cm³/mol. The molecule has 1 amide bonds. The lowest BCUT2D eigenvalue weighted by molar-refractivity contribution is -0.118. The van der Waals surface area contributed by atoms with Crippen LogP contribution in [0, 0.1) is 5.82 Å². The average Bonchev–Trinajstić information content (AvgIpc) is 2.73. The number of para-hydroxylation sites is 1. The molecule has 0 bridgehead atoms. The Balaban J connectivity index is 1.52. The van der Waals surface area contributed by atoms with E-state index < -0.39 is 11.7 Å².